The molecule has 1 rings (SSSR count). The predicted octanol–water partition coefficient (Wildman–Crippen LogP) is 4.23. The van der Waals surface area contributed by atoms with Gasteiger partial charge in [-0.2, -0.15) is 30.7 Å². The van der Waals surface area contributed by atoms with Gasteiger partial charge in [0.25, 0.3) is 5.91 Å². The molecule has 4 nitrogen and oxygen atoms in total. The topological polar surface area (TPSA) is 55.4 Å². The number of alkyl halides is 7. The second-order valence-corrected chi connectivity index (χ2v) is 6.53. The number of hydrogen-bond donors (Lipinski definition) is 1. The Morgan fingerprint density at radius 3 is 2.19 bits per heavy atom. The second-order valence-electron chi connectivity index (χ2n) is 6.53. The van der Waals surface area contributed by atoms with Crippen molar-refractivity contribution in [3.63, 3.8) is 0 Å². The van der Waals surface area contributed by atoms with E-state index in [1.54, 1.807) is 12.2 Å². The summed E-state index contributed by atoms with van der Waals surface area (Å²) in [6.07, 6.45) is -4.15. The minimum Gasteiger partial charge on any atom is -0.466 e. The molecule has 0 radical (unpaired) electrons. The van der Waals surface area contributed by atoms with Crippen LogP contribution >= 0.6 is 0 Å². The Balaban J connectivity index is 2.75. The summed E-state index contributed by atoms with van der Waals surface area (Å²) in [5, 5.41) is 1.63. The first-order chi connectivity index (χ1) is 12.3. The van der Waals surface area contributed by atoms with E-state index in [1.807, 2.05) is 0 Å². The summed E-state index contributed by atoms with van der Waals surface area (Å²) in [4.78, 5) is 23.0. The maximum atomic E-state index is 13.5. The number of ether oxygens (including phenoxy) is 1. The number of amides is 1. The van der Waals surface area contributed by atoms with Gasteiger partial charge >= 0.3 is 24.0 Å². The Morgan fingerprint density at radius 1 is 1.04 bits per heavy atom. The number of carbonyl (C=O) groups is 2. The van der Waals surface area contributed by atoms with Crippen molar-refractivity contribution in [2.45, 2.75) is 75.9 Å². The molecule has 1 fully saturated rings. The highest BCUT2D eigenvalue weighted by atomic mass is 19.4. The van der Waals surface area contributed by atoms with E-state index >= 15 is 0 Å². The number of esters is 1. The molecule has 0 spiro atoms. The zero-order chi connectivity index (χ0) is 20.9. The molecule has 1 saturated carbocycles. The SMILES string of the molecule is CCCOC(=O)CC[C@H]1CCCC[C@@H]1NC(=O)C(F)(F)C(F)(F)C(F)(F)F. The van der Waals surface area contributed by atoms with Crippen LogP contribution in [0, 0.1) is 5.92 Å². The molecule has 0 heterocycles. The fourth-order valence-electron chi connectivity index (χ4n) is 2.91. The van der Waals surface area contributed by atoms with Gasteiger partial charge in [-0.3, -0.25) is 9.59 Å². The van der Waals surface area contributed by atoms with Crippen LogP contribution in [0.1, 0.15) is 51.9 Å². The van der Waals surface area contributed by atoms with E-state index in [2.05, 4.69) is 0 Å². The third kappa shape index (κ3) is 5.71. The van der Waals surface area contributed by atoms with Crippen LogP contribution in [-0.4, -0.2) is 42.5 Å². The zero-order valence-corrected chi connectivity index (χ0v) is 14.7. The predicted molar refractivity (Wildman–Crippen MR) is 80.3 cm³/mol. The molecule has 1 amide bonds. The molecule has 0 aliphatic heterocycles. The molecule has 1 aliphatic rings. The van der Waals surface area contributed by atoms with E-state index < -0.39 is 41.9 Å². The summed E-state index contributed by atoms with van der Waals surface area (Å²) in [7, 11) is 0. The summed E-state index contributed by atoms with van der Waals surface area (Å²) in [5.41, 5.74) is 0. The first-order valence-electron chi connectivity index (χ1n) is 8.63. The minimum absolute atomic E-state index is 0.0634. The highest BCUT2D eigenvalue weighted by Crippen LogP contribution is 2.46. The van der Waals surface area contributed by atoms with E-state index in [0.717, 1.165) is 0 Å². The molecule has 0 bridgehead atoms. The van der Waals surface area contributed by atoms with Crippen LogP contribution in [0.3, 0.4) is 0 Å². The lowest BCUT2D eigenvalue weighted by Crippen LogP contribution is -2.61. The molecular formula is C16H22F7NO3. The molecule has 2 atom stereocenters. The molecule has 0 aromatic carbocycles. The lowest BCUT2D eigenvalue weighted by atomic mass is 9.81. The van der Waals surface area contributed by atoms with Gasteiger partial charge in [-0.15, -0.1) is 0 Å². The fraction of sp³-hybridized carbons (Fsp3) is 0.875. The Bertz CT molecular complexity index is 523. The van der Waals surface area contributed by atoms with Gasteiger partial charge in [0.05, 0.1) is 6.61 Å². The molecule has 27 heavy (non-hydrogen) atoms. The zero-order valence-electron chi connectivity index (χ0n) is 14.7. The largest absolute Gasteiger partial charge is 0.466 e. The first kappa shape index (κ1) is 23.5. The minimum atomic E-state index is -6.57. The molecule has 158 valence electrons. The van der Waals surface area contributed by atoms with Crippen molar-refractivity contribution in [2.24, 2.45) is 5.92 Å². The van der Waals surface area contributed by atoms with Gasteiger partial charge in [0.1, 0.15) is 0 Å². The molecule has 11 heteroatoms. The van der Waals surface area contributed by atoms with Crippen molar-refractivity contribution in [1.29, 1.82) is 0 Å². The van der Waals surface area contributed by atoms with Gasteiger partial charge in [0.2, 0.25) is 0 Å². The Kier molecular flexibility index (Phi) is 7.91. The maximum Gasteiger partial charge on any atom is 0.460 e. The second kappa shape index (κ2) is 9.09. The maximum absolute atomic E-state index is 13.5. The lowest BCUT2D eigenvalue weighted by molar-refractivity contribution is -0.344. The summed E-state index contributed by atoms with van der Waals surface area (Å²) >= 11 is 0. The Morgan fingerprint density at radius 2 is 1.63 bits per heavy atom. The molecule has 1 N–H and O–H groups in total. The average Bonchev–Trinajstić information content (AvgIpc) is 2.57. The summed E-state index contributed by atoms with van der Waals surface area (Å²) in [6.45, 7) is 2.00. The van der Waals surface area contributed by atoms with Crippen molar-refractivity contribution in [1.82, 2.24) is 5.32 Å². The quantitative estimate of drug-likeness (QED) is 0.482. The number of halogens is 7. The normalized spacial score (nSPS) is 21.6. The van der Waals surface area contributed by atoms with Crippen LogP contribution in [0.15, 0.2) is 0 Å². The lowest BCUT2D eigenvalue weighted by Gasteiger charge is -2.34. The first-order valence-corrected chi connectivity index (χ1v) is 8.63. The monoisotopic (exact) mass is 409 g/mol. The van der Waals surface area contributed by atoms with E-state index in [0.29, 0.717) is 25.7 Å². The van der Waals surface area contributed by atoms with Crippen LogP contribution in [0.2, 0.25) is 0 Å². The van der Waals surface area contributed by atoms with Crippen LogP contribution in [-0.2, 0) is 14.3 Å². The standard InChI is InChI=1S/C16H22F7NO3/c1-2-9-27-12(25)8-7-10-5-3-4-6-11(10)24-13(26)14(17,18)15(19,20)16(21,22)23/h10-11H,2-9H2,1H3,(H,24,26)/t10-,11+/m1/s1. The number of nitrogens with one attached hydrogen (secondary N) is 1. The van der Waals surface area contributed by atoms with Crippen molar-refractivity contribution >= 4 is 11.9 Å². The van der Waals surface area contributed by atoms with E-state index in [4.69, 9.17) is 4.74 Å². The van der Waals surface area contributed by atoms with E-state index in [-0.39, 0.29) is 25.9 Å². The molecular weight excluding hydrogens is 387 g/mol. The van der Waals surface area contributed by atoms with Gasteiger partial charge in [-0.05, 0) is 31.6 Å². The van der Waals surface area contributed by atoms with Gasteiger partial charge in [-0.25, -0.2) is 0 Å². The molecule has 1 aliphatic carbocycles. The van der Waals surface area contributed by atoms with Crippen LogP contribution in [0.5, 0.6) is 0 Å². The highest BCUT2D eigenvalue weighted by molar-refractivity contribution is 5.85. The van der Waals surface area contributed by atoms with Crippen molar-refractivity contribution < 1.29 is 45.1 Å². The highest BCUT2D eigenvalue weighted by Gasteiger charge is 2.76. The van der Waals surface area contributed by atoms with Crippen LogP contribution in [0.25, 0.3) is 0 Å². The Labute approximate surface area is 151 Å². The van der Waals surface area contributed by atoms with Crippen molar-refractivity contribution in [2.75, 3.05) is 6.61 Å². The Hall–Kier alpha value is -1.55. The molecule has 0 aromatic heterocycles. The third-order valence-electron chi connectivity index (χ3n) is 4.45. The molecule has 0 aromatic rings. The van der Waals surface area contributed by atoms with E-state index in [1.165, 1.54) is 0 Å². The summed E-state index contributed by atoms with van der Waals surface area (Å²) in [6, 6.07) is -1.01. The van der Waals surface area contributed by atoms with Gasteiger partial charge in [-0.1, -0.05) is 19.8 Å². The number of hydrogen-bond acceptors (Lipinski definition) is 3. The average molecular weight is 409 g/mol. The van der Waals surface area contributed by atoms with Crippen LogP contribution in [0.4, 0.5) is 30.7 Å². The van der Waals surface area contributed by atoms with Crippen LogP contribution < -0.4 is 5.32 Å². The summed E-state index contributed by atoms with van der Waals surface area (Å²) in [5.74, 6) is -16.1. The van der Waals surface area contributed by atoms with E-state index in [9.17, 15) is 40.3 Å². The van der Waals surface area contributed by atoms with Gasteiger partial charge in [0.15, 0.2) is 0 Å². The van der Waals surface area contributed by atoms with Gasteiger partial charge < -0.3 is 10.1 Å². The fourth-order valence-corrected chi connectivity index (χ4v) is 2.91. The van der Waals surface area contributed by atoms with Gasteiger partial charge in [0, 0.05) is 12.5 Å². The number of carbonyl (C=O) groups excluding carboxylic acids is 2. The smallest absolute Gasteiger partial charge is 0.460 e. The van der Waals surface area contributed by atoms with Crippen molar-refractivity contribution in [3.8, 4) is 0 Å². The van der Waals surface area contributed by atoms with Crippen molar-refractivity contribution in [3.05, 3.63) is 0 Å². The third-order valence-corrected chi connectivity index (χ3v) is 4.45. The molecule has 0 saturated heterocycles. The summed E-state index contributed by atoms with van der Waals surface area (Å²) < 4.78 is 94.4. The molecule has 0 unspecified atom stereocenters. The number of rotatable bonds is 8.